The van der Waals surface area contributed by atoms with Crippen LogP contribution in [0.1, 0.15) is 10.4 Å². The van der Waals surface area contributed by atoms with Crippen LogP contribution < -0.4 is 4.74 Å². The van der Waals surface area contributed by atoms with Gasteiger partial charge in [-0.3, -0.25) is 4.79 Å². The predicted octanol–water partition coefficient (Wildman–Crippen LogP) is 1.35. The van der Waals surface area contributed by atoms with Crippen molar-refractivity contribution in [2.75, 3.05) is 7.11 Å². The molecule has 1 aromatic carbocycles. The van der Waals surface area contributed by atoms with E-state index in [-0.39, 0.29) is 17.1 Å². The van der Waals surface area contributed by atoms with Gasteiger partial charge in [-0.15, -0.1) is 0 Å². The van der Waals surface area contributed by atoms with Crippen molar-refractivity contribution in [1.29, 1.82) is 0 Å². The van der Waals surface area contributed by atoms with Crippen LogP contribution in [0.3, 0.4) is 0 Å². The number of carbonyl (C=O) groups excluding carboxylic acids is 1. The second-order valence-electron chi connectivity index (χ2n) is 2.16. The minimum atomic E-state index is -0.669. The van der Waals surface area contributed by atoms with Gasteiger partial charge in [-0.25, -0.2) is 4.39 Å². The summed E-state index contributed by atoms with van der Waals surface area (Å²) in [5.74, 6) is -1.04. The fourth-order valence-corrected chi connectivity index (χ4v) is 0.809. The molecule has 1 N–H and O–H groups in total. The van der Waals surface area contributed by atoms with Gasteiger partial charge in [0, 0.05) is 6.07 Å². The van der Waals surface area contributed by atoms with E-state index in [1.165, 1.54) is 7.11 Å². The number of rotatable bonds is 2. The van der Waals surface area contributed by atoms with Gasteiger partial charge in [-0.1, -0.05) is 0 Å². The lowest BCUT2D eigenvalue weighted by molar-refractivity contribution is 0.112. The van der Waals surface area contributed by atoms with Crippen LogP contribution in [0.15, 0.2) is 12.1 Å². The van der Waals surface area contributed by atoms with E-state index in [2.05, 4.69) is 4.74 Å². The fraction of sp³-hybridized carbons (Fsp3) is 0.125. The topological polar surface area (TPSA) is 46.5 Å². The van der Waals surface area contributed by atoms with Gasteiger partial charge >= 0.3 is 0 Å². The van der Waals surface area contributed by atoms with E-state index in [1.807, 2.05) is 0 Å². The van der Waals surface area contributed by atoms with E-state index < -0.39 is 5.82 Å². The highest BCUT2D eigenvalue weighted by Gasteiger charge is 2.08. The van der Waals surface area contributed by atoms with Crippen LogP contribution in [0.4, 0.5) is 4.39 Å². The molecule has 0 atom stereocenters. The van der Waals surface area contributed by atoms with E-state index in [1.54, 1.807) is 0 Å². The summed E-state index contributed by atoms with van der Waals surface area (Å²) in [4.78, 5) is 10.2. The monoisotopic (exact) mass is 170 g/mol. The highest BCUT2D eigenvalue weighted by molar-refractivity contribution is 5.79. The molecule has 0 bridgehead atoms. The molecule has 0 aliphatic heterocycles. The Morgan fingerprint density at radius 2 is 2.25 bits per heavy atom. The molecule has 0 saturated heterocycles. The zero-order valence-corrected chi connectivity index (χ0v) is 6.37. The average molecular weight is 170 g/mol. The van der Waals surface area contributed by atoms with Crippen LogP contribution >= 0.6 is 0 Å². The third kappa shape index (κ3) is 1.37. The molecule has 0 radical (unpaired) electrons. The standard InChI is InChI=1S/C8H7FO3/c1-12-8-3-7(11)5(4-10)2-6(8)9/h2-4,11H,1H3. The number of aldehydes is 1. The molecule has 64 valence electrons. The average Bonchev–Trinajstić information content (AvgIpc) is 2.08. The lowest BCUT2D eigenvalue weighted by Crippen LogP contribution is -1.90. The number of ether oxygens (including phenoxy) is 1. The number of carbonyl (C=O) groups is 1. The third-order valence-electron chi connectivity index (χ3n) is 1.43. The highest BCUT2D eigenvalue weighted by Crippen LogP contribution is 2.25. The number of halogens is 1. The molecule has 1 aromatic rings. The van der Waals surface area contributed by atoms with Crippen molar-refractivity contribution in [2.45, 2.75) is 0 Å². The quantitative estimate of drug-likeness (QED) is 0.681. The zero-order chi connectivity index (χ0) is 9.14. The SMILES string of the molecule is COc1cc(O)c(C=O)cc1F. The molecule has 0 heterocycles. The summed E-state index contributed by atoms with van der Waals surface area (Å²) in [6.45, 7) is 0. The normalized spacial score (nSPS) is 9.50. The van der Waals surface area contributed by atoms with Gasteiger partial charge in [0.2, 0.25) is 0 Å². The molecule has 3 nitrogen and oxygen atoms in total. The molecule has 1 rings (SSSR count). The predicted molar refractivity (Wildman–Crippen MR) is 40.0 cm³/mol. The molecule has 0 fully saturated rings. The minimum absolute atomic E-state index is 0.0851. The van der Waals surface area contributed by atoms with Crippen molar-refractivity contribution in [3.05, 3.63) is 23.5 Å². The van der Waals surface area contributed by atoms with Gasteiger partial charge in [-0.2, -0.15) is 0 Å². The van der Waals surface area contributed by atoms with Crippen LogP contribution in [-0.2, 0) is 0 Å². The lowest BCUT2D eigenvalue weighted by atomic mass is 10.2. The Morgan fingerprint density at radius 3 is 2.75 bits per heavy atom. The summed E-state index contributed by atoms with van der Waals surface area (Å²) < 4.78 is 17.4. The summed E-state index contributed by atoms with van der Waals surface area (Å²) in [7, 11) is 1.28. The van der Waals surface area contributed by atoms with E-state index in [9.17, 15) is 9.18 Å². The number of methoxy groups -OCH3 is 1. The Hall–Kier alpha value is -1.58. The van der Waals surface area contributed by atoms with E-state index >= 15 is 0 Å². The maximum absolute atomic E-state index is 12.8. The number of benzene rings is 1. The Kier molecular flexibility index (Phi) is 2.28. The van der Waals surface area contributed by atoms with Gasteiger partial charge in [0.1, 0.15) is 5.75 Å². The van der Waals surface area contributed by atoms with Gasteiger partial charge in [0.25, 0.3) is 0 Å². The Labute approximate surface area is 68.4 Å². The molecule has 0 aliphatic rings. The highest BCUT2D eigenvalue weighted by atomic mass is 19.1. The lowest BCUT2D eigenvalue weighted by Gasteiger charge is -2.03. The van der Waals surface area contributed by atoms with Crippen LogP contribution in [-0.4, -0.2) is 18.5 Å². The van der Waals surface area contributed by atoms with E-state index in [0.29, 0.717) is 6.29 Å². The van der Waals surface area contributed by atoms with Crippen LogP contribution in [0.2, 0.25) is 0 Å². The van der Waals surface area contributed by atoms with Crippen LogP contribution in [0.25, 0.3) is 0 Å². The molecule has 12 heavy (non-hydrogen) atoms. The first-order valence-electron chi connectivity index (χ1n) is 3.20. The van der Waals surface area contributed by atoms with Crippen molar-refractivity contribution in [3.8, 4) is 11.5 Å². The van der Waals surface area contributed by atoms with Crippen molar-refractivity contribution in [2.24, 2.45) is 0 Å². The summed E-state index contributed by atoms with van der Waals surface area (Å²) >= 11 is 0. The Balaban J connectivity index is 3.25. The van der Waals surface area contributed by atoms with E-state index in [4.69, 9.17) is 5.11 Å². The smallest absolute Gasteiger partial charge is 0.166 e. The molecule has 0 aliphatic carbocycles. The zero-order valence-electron chi connectivity index (χ0n) is 6.37. The molecular formula is C8H7FO3. The summed E-state index contributed by atoms with van der Waals surface area (Å²) in [6, 6.07) is 1.97. The van der Waals surface area contributed by atoms with Crippen LogP contribution in [0.5, 0.6) is 11.5 Å². The largest absolute Gasteiger partial charge is 0.507 e. The number of hydrogen-bond donors (Lipinski definition) is 1. The fourth-order valence-electron chi connectivity index (χ4n) is 0.809. The summed E-state index contributed by atoms with van der Waals surface area (Å²) in [5.41, 5.74) is -0.0895. The van der Waals surface area contributed by atoms with Crippen LogP contribution in [0, 0.1) is 5.82 Å². The van der Waals surface area contributed by atoms with Gasteiger partial charge < -0.3 is 9.84 Å². The number of hydrogen-bond acceptors (Lipinski definition) is 3. The second-order valence-corrected chi connectivity index (χ2v) is 2.16. The van der Waals surface area contributed by atoms with Gasteiger partial charge in [0.15, 0.2) is 17.9 Å². The first-order valence-corrected chi connectivity index (χ1v) is 3.20. The van der Waals surface area contributed by atoms with Gasteiger partial charge in [-0.05, 0) is 6.07 Å². The van der Waals surface area contributed by atoms with Gasteiger partial charge in [0.05, 0.1) is 12.7 Å². The maximum Gasteiger partial charge on any atom is 0.166 e. The molecule has 0 amide bonds. The second kappa shape index (κ2) is 3.21. The van der Waals surface area contributed by atoms with Crippen molar-refractivity contribution in [3.63, 3.8) is 0 Å². The molecule has 0 aromatic heterocycles. The minimum Gasteiger partial charge on any atom is -0.507 e. The number of aromatic hydroxyl groups is 1. The first kappa shape index (κ1) is 8.52. The third-order valence-corrected chi connectivity index (χ3v) is 1.43. The number of phenols is 1. The molecule has 0 spiro atoms. The first-order chi connectivity index (χ1) is 5.69. The molecule has 0 saturated carbocycles. The molecule has 0 unspecified atom stereocenters. The number of phenolic OH excluding ortho intramolecular Hbond substituents is 1. The van der Waals surface area contributed by atoms with Crippen molar-refractivity contribution >= 4 is 6.29 Å². The summed E-state index contributed by atoms with van der Waals surface area (Å²) in [5, 5.41) is 9.07. The van der Waals surface area contributed by atoms with Crippen molar-refractivity contribution < 1.29 is 19.0 Å². The summed E-state index contributed by atoms with van der Waals surface area (Å²) in [6.07, 6.45) is 0.373. The molecule has 4 heteroatoms. The van der Waals surface area contributed by atoms with E-state index in [0.717, 1.165) is 12.1 Å². The van der Waals surface area contributed by atoms with Crippen molar-refractivity contribution in [1.82, 2.24) is 0 Å². The Morgan fingerprint density at radius 1 is 1.58 bits per heavy atom. The Bertz CT molecular complexity index is 309. The molecular weight excluding hydrogens is 163 g/mol. The maximum atomic E-state index is 12.8.